The second kappa shape index (κ2) is 6.11. The Morgan fingerprint density at radius 3 is 2.75 bits per heavy atom. The van der Waals surface area contributed by atoms with Crippen molar-refractivity contribution in [3.05, 3.63) is 45.5 Å². The summed E-state index contributed by atoms with van der Waals surface area (Å²) in [7, 11) is 0. The number of urea groups is 1. The number of aromatic nitrogens is 1. The molecular formula is C13H12BrClN4O. The second-order valence-electron chi connectivity index (χ2n) is 4.14. The Hall–Kier alpha value is -1.79. The highest BCUT2D eigenvalue weighted by Gasteiger charge is 2.08. The predicted octanol–water partition coefficient (Wildman–Crippen LogP) is 4.03. The van der Waals surface area contributed by atoms with Gasteiger partial charge in [0.1, 0.15) is 5.82 Å². The molecule has 2 aromatic rings. The highest BCUT2D eigenvalue weighted by molar-refractivity contribution is 9.10. The lowest BCUT2D eigenvalue weighted by atomic mass is 10.2. The van der Waals surface area contributed by atoms with Crippen LogP contribution in [0, 0.1) is 6.92 Å². The fourth-order valence-electron chi connectivity index (χ4n) is 1.49. The average molecular weight is 356 g/mol. The minimum atomic E-state index is -0.414. The molecule has 1 aromatic carbocycles. The van der Waals surface area contributed by atoms with Gasteiger partial charge in [-0.15, -0.1) is 0 Å². The molecule has 0 aliphatic carbocycles. The number of carbonyl (C=O) groups is 1. The molecule has 0 radical (unpaired) electrons. The quantitative estimate of drug-likeness (QED) is 0.761. The van der Waals surface area contributed by atoms with E-state index in [0.717, 1.165) is 5.56 Å². The number of rotatable bonds is 2. The van der Waals surface area contributed by atoms with Crippen molar-refractivity contribution in [2.45, 2.75) is 6.92 Å². The van der Waals surface area contributed by atoms with E-state index in [9.17, 15) is 4.79 Å². The first kappa shape index (κ1) is 14.6. The van der Waals surface area contributed by atoms with Gasteiger partial charge in [0, 0.05) is 10.7 Å². The van der Waals surface area contributed by atoms with Crippen LogP contribution < -0.4 is 16.4 Å². The molecule has 0 saturated heterocycles. The zero-order chi connectivity index (χ0) is 14.7. The van der Waals surface area contributed by atoms with Crippen LogP contribution in [-0.2, 0) is 0 Å². The third-order valence-electron chi connectivity index (χ3n) is 2.52. The Morgan fingerprint density at radius 2 is 2.10 bits per heavy atom. The molecule has 20 heavy (non-hydrogen) atoms. The standard InChI is InChI=1S/C13H12BrClN4O/c1-7-2-3-9(5-11(7)15)18-13(20)19-12-10(14)4-8(16)6-17-12/h2-6H,16H2,1H3,(H2,17,18,19,20). The maximum atomic E-state index is 11.9. The van der Waals surface area contributed by atoms with E-state index in [0.29, 0.717) is 26.7 Å². The fraction of sp³-hybridized carbons (Fsp3) is 0.0769. The molecule has 0 aliphatic heterocycles. The van der Waals surface area contributed by atoms with Crippen LogP contribution in [0.3, 0.4) is 0 Å². The molecule has 0 unspecified atom stereocenters. The Balaban J connectivity index is 2.07. The van der Waals surface area contributed by atoms with Gasteiger partial charge in [0.2, 0.25) is 0 Å². The zero-order valence-corrected chi connectivity index (χ0v) is 12.9. The molecular weight excluding hydrogens is 344 g/mol. The number of halogens is 2. The van der Waals surface area contributed by atoms with Gasteiger partial charge in [-0.1, -0.05) is 17.7 Å². The van der Waals surface area contributed by atoms with Crippen molar-refractivity contribution in [3.63, 3.8) is 0 Å². The molecule has 0 atom stereocenters. The third kappa shape index (κ3) is 3.61. The molecule has 0 bridgehead atoms. The first-order chi connectivity index (χ1) is 9.45. The lowest BCUT2D eigenvalue weighted by Gasteiger charge is -2.09. The van der Waals surface area contributed by atoms with Crippen LogP contribution in [0.1, 0.15) is 5.56 Å². The van der Waals surface area contributed by atoms with Gasteiger partial charge in [-0.3, -0.25) is 5.32 Å². The number of nitrogens with zero attached hydrogens (tertiary/aromatic N) is 1. The van der Waals surface area contributed by atoms with Gasteiger partial charge < -0.3 is 11.1 Å². The zero-order valence-electron chi connectivity index (χ0n) is 10.6. The van der Waals surface area contributed by atoms with Crippen LogP contribution in [0.5, 0.6) is 0 Å². The summed E-state index contributed by atoms with van der Waals surface area (Å²) in [5.41, 5.74) is 7.63. The minimum Gasteiger partial charge on any atom is -0.397 e. The van der Waals surface area contributed by atoms with Gasteiger partial charge in [-0.25, -0.2) is 9.78 Å². The molecule has 0 saturated carbocycles. The molecule has 7 heteroatoms. The van der Waals surface area contributed by atoms with Gasteiger partial charge in [-0.2, -0.15) is 0 Å². The first-order valence-corrected chi connectivity index (χ1v) is 6.88. The lowest BCUT2D eigenvalue weighted by Crippen LogP contribution is -2.20. The normalized spacial score (nSPS) is 10.2. The number of nitrogens with one attached hydrogen (secondary N) is 2. The molecule has 2 amide bonds. The summed E-state index contributed by atoms with van der Waals surface area (Å²) in [6.07, 6.45) is 1.46. The Kier molecular flexibility index (Phi) is 4.46. The molecule has 4 N–H and O–H groups in total. The predicted molar refractivity (Wildman–Crippen MR) is 85.2 cm³/mol. The van der Waals surface area contributed by atoms with Crippen LogP contribution in [0.2, 0.25) is 5.02 Å². The van der Waals surface area contributed by atoms with Gasteiger partial charge in [0.05, 0.1) is 16.4 Å². The molecule has 1 heterocycles. The van der Waals surface area contributed by atoms with E-state index in [1.54, 1.807) is 18.2 Å². The van der Waals surface area contributed by atoms with Crippen molar-refractivity contribution < 1.29 is 4.79 Å². The van der Waals surface area contributed by atoms with Crippen LogP contribution in [0.25, 0.3) is 0 Å². The summed E-state index contributed by atoms with van der Waals surface area (Å²) in [6, 6.07) is 6.53. The number of aryl methyl sites for hydroxylation is 1. The number of nitrogens with two attached hydrogens (primary N) is 1. The maximum Gasteiger partial charge on any atom is 0.324 e. The second-order valence-corrected chi connectivity index (χ2v) is 5.40. The largest absolute Gasteiger partial charge is 0.397 e. The van der Waals surface area contributed by atoms with Crippen molar-refractivity contribution in [3.8, 4) is 0 Å². The maximum absolute atomic E-state index is 11.9. The molecule has 1 aromatic heterocycles. The number of pyridine rings is 1. The molecule has 104 valence electrons. The van der Waals surface area contributed by atoms with Crippen molar-refractivity contribution in [1.82, 2.24) is 4.98 Å². The minimum absolute atomic E-state index is 0.384. The number of anilines is 3. The molecule has 0 fully saturated rings. The van der Waals surface area contributed by atoms with Gasteiger partial charge in [0.25, 0.3) is 0 Å². The number of hydrogen-bond donors (Lipinski definition) is 3. The Morgan fingerprint density at radius 1 is 1.35 bits per heavy atom. The summed E-state index contributed by atoms with van der Waals surface area (Å²) in [5, 5.41) is 5.88. The summed E-state index contributed by atoms with van der Waals surface area (Å²) in [6.45, 7) is 1.89. The fourth-order valence-corrected chi connectivity index (χ4v) is 2.13. The van der Waals surface area contributed by atoms with Crippen molar-refractivity contribution >= 4 is 50.8 Å². The van der Waals surface area contributed by atoms with Gasteiger partial charge in [0.15, 0.2) is 0 Å². The van der Waals surface area contributed by atoms with E-state index < -0.39 is 6.03 Å². The molecule has 5 nitrogen and oxygen atoms in total. The van der Waals surface area contributed by atoms with E-state index in [4.69, 9.17) is 17.3 Å². The van der Waals surface area contributed by atoms with E-state index in [-0.39, 0.29) is 0 Å². The van der Waals surface area contributed by atoms with Crippen LogP contribution >= 0.6 is 27.5 Å². The van der Waals surface area contributed by atoms with Crippen molar-refractivity contribution in [2.24, 2.45) is 0 Å². The number of benzene rings is 1. The Labute approximate surface area is 129 Å². The number of amides is 2. The smallest absolute Gasteiger partial charge is 0.324 e. The highest BCUT2D eigenvalue weighted by atomic mass is 79.9. The van der Waals surface area contributed by atoms with Gasteiger partial charge >= 0.3 is 6.03 Å². The molecule has 2 rings (SSSR count). The van der Waals surface area contributed by atoms with E-state index in [1.807, 2.05) is 13.0 Å². The van der Waals surface area contributed by atoms with E-state index in [2.05, 4.69) is 31.5 Å². The topological polar surface area (TPSA) is 80.0 Å². The summed E-state index contributed by atoms with van der Waals surface area (Å²) < 4.78 is 0.606. The number of carbonyl (C=O) groups excluding carboxylic acids is 1. The van der Waals surface area contributed by atoms with Gasteiger partial charge in [-0.05, 0) is 46.6 Å². The average Bonchev–Trinajstić information content (AvgIpc) is 2.37. The monoisotopic (exact) mass is 354 g/mol. The van der Waals surface area contributed by atoms with Crippen LogP contribution in [0.4, 0.5) is 22.0 Å². The first-order valence-electron chi connectivity index (χ1n) is 5.71. The molecule has 0 aliphatic rings. The number of hydrogen-bond acceptors (Lipinski definition) is 3. The lowest BCUT2D eigenvalue weighted by molar-refractivity contribution is 0.262. The van der Waals surface area contributed by atoms with Crippen LogP contribution in [0.15, 0.2) is 34.9 Å². The summed E-state index contributed by atoms with van der Waals surface area (Å²) in [5.74, 6) is 0.384. The van der Waals surface area contributed by atoms with Crippen LogP contribution in [-0.4, -0.2) is 11.0 Å². The Bertz CT molecular complexity index is 663. The van der Waals surface area contributed by atoms with Crippen molar-refractivity contribution in [2.75, 3.05) is 16.4 Å². The summed E-state index contributed by atoms with van der Waals surface area (Å²) in [4.78, 5) is 15.9. The van der Waals surface area contributed by atoms with E-state index in [1.165, 1.54) is 6.20 Å². The summed E-state index contributed by atoms with van der Waals surface area (Å²) >= 11 is 9.27. The number of nitrogen functional groups attached to an aromatic ring is 1. The molecule has 0 spiro atoms. The SMILES string of the molecule is Cc1ccc(NC(=O)Nc2ncc(N)cc2Br)cc1Cl. The van der Waals surface area contributed by atoms with Crippen molar-refractivity contribution in [1.29, 1.82) is 0 Å². The highest BCUT2D eigenvalue weighted by Crippen LogP contribution is 2.23. The third-order valence-corrected chi connectivity index (χ3v) is 3.54. The van der Waals surface area contributed by atoms with E-state index >= 15 is 0 Å².